The first-order valence-corrected chi connectivity index (χ1v) is 5.54. The number of methoxy groups -OCH3 is 1. The number of hydrogen-bond acceptors (Lipinski definition) is 4. The van der Waals surface area contributed by atoms with Crippen LogP contribution in [0, 0.1) is 0 Å². The van der Waals surface area contributed by atoms with E-state index in [-0.39, 0.29) is 18.8 Å². The second-order valence-electron chi connectivity index (χ2n) is 2.78. The molecule has 0 aliphatic rings. The SMILES string of the molecule is COCC(C)S(=O)(=O)CCC(=O)O. The molecule has 0 saturated heterocycles. The molecule has 0 spiro atoms. The minimum absolute atomic E-state index is 0.0992. The Morgan fingerprint density at radius 1 is 1.54 bits per heavy atom. The molecular weight excluding hydrogens is 196 g/mol. The third-order valence-electron chi connectivity index (χ3n) is 1.61. The average molecular weight is 210 g/mol. The molecule has 1 N–H and O–H groups in total. The summed E-state index contributed by atoms with van der Waals surface area (Å²) in [6, 6.07) is 0. The van der Waals surface area contributed by atoms with Gasteiger partial charge in [0.25, 0.3) is 0 Å². The number of carboxylic acids is 1. The average Bonchev–Trinajstić information content (AvgIpc) is 2.01. The van der Waals surface area contributed by atoms with Gasteiger partial charge in [-0.05, 0) is 6.92 Å². The van der Waals surface area contributed by atoms with Crippen LogP contribution >= 0.6 is 0 Å². The van der Waals surface area contributed by atoms with Gasteiger partial charge in [-0.15, -0.1) is 0 Å². The molecule has 0 aliphatic carbocycles. The van der Waals surface area contributed by atoms with E-state index in [9.17, 15) is 13.2 Å². The standard InChI is InChI=1S/C7H14O5S/c1-6(5-12-2)13(10,11)4-3-7(8)9/h6H,3-5H2,1-2H3,(H,8,9). The molecule has 0 aliphatic heterocycles. The van der Waals surface area contributed by atoms with E-state index < -0.39 is 21.1 Å². The molecule has 0 radical (unpaired) electrons. The Kier molecular flexibility index (Phi) is 4.94. The van der Waals surface area contributed by atoms with Crippen LogP contribution in [0.15, 0.2) is 0 Å². The van der Waals surface area contributed by atoms with Gasteiger partial charge in [-0.25, -0.2) is 8.42 Å². The van der Waals surface area contributed by atoms with Crippen LogP contribution in [0.25, 0.3) is 0 Å². The molecule has 0 rings (SSSR count). The highest BCUT2D eigenvalue weighted by atomic mass is 32.2. The van der Waals surface area contributed by atoms with Crippen LogP contribution < -0.4 is 0 Å². The zero-order chi connectivity index (χ0) is 10.5. The molecule has 13 heavy (non-hydrogen) atoms. The summed E-state index contributed by atoms with van der Waals surface area (Å²) in [7, 11) is -1.92. The molecular formula is C7H14O5S. The highest BCUT2D eigenvalue weighted by Crippen LogP contribution is 2.04. The molecule has 0 fully saturated rings. The van der Waals surface area contributed by atoms with Crippen LogP contribution in [0.1, 0.15) is 13.3 Å². The van der Waals surface area contributed by atoms with Gasteiger partial charge in [-0.2, -0.15) is 0 Å². The molecule has 0 aromatic heterocycles. The fraction of sp³-hybridized carbons (Fsp3) is 0.857. The van der Waals surface area contributed by atoms with Gasteiger partial charge in [0.15, 0.2) is 9.84 Å². The molecule has 0 aromatic carbocycles. The summed E-state index contributed by atoms with van der Waals surface area (Å²) in [6.07, 6.45) is -0.351. The molecule has 0 aromatic rings. The summed E-state index contributed by atoms with van der Waals surface area (Å²) in [6.45, 7) is 1.60. The monoisotopic (exact) mass is 210 g/mol. The Labute approximate surface area is 77.6 Å². The van der Waals surface area contributed by atoms with E-state index in [4.69, 9.17) is 5.11 Å². The van der Waals surface area contributed by atoms with Gasteiger partial charge < -0.3 is 9.84 Å². The lowest BCUT2D eigenvalue weighted by atomic mass is 10.5. The van der Waals surface area contributed by atoms with Crippen molar-refractivity contribution in [1.82, 2.24) is 0 Å². The molecule has 5 nitrogen and oxygen atoms in total. The van der Waals surface area contributed by atoms with Gasteiger partial charge in [0.1, 0.15) is 0 Å². The summed E-state index contributed by atoms with van der Waals surface area (Å²) >= 11 is 0. The van der Waals surface area contributed by atoms with Crippen LogP contribution in [-0.2, 0) is 19.4 Å². The van der Waals surface area contributed by atoms with E-state index in [1.54, 1.807) is 0 Å². The largest absolute Gasteiger partial charge is 0.481 e. The minimum atomic E-state index is -3.32. The van der Waals surface area contributed by atoms with Crippen molar-refractivity contribution in [2.45, 2.75) is 18.6 Å². The Morgan fingerprint density at radius 2 is 2.08 bits per heavy atom. The Morgan fingerprint density at radius 3 is 2.46 bits per heavy atom. The van der Waals surface area contributed by atoms with Gasteiger partial charge in [0.05, 0.1) is 24.0 Å². The van der Waals surface area contributed by atoms with E-state index >= 15 is 0 Å². The molecule has 0 bridgehead atoms. The summed E-state index contributed by atoms with van der Waals surface area (Å²) < 4.78 is 27.2. The first-order chi connectivity index (χ1) is 5.90. The van der Waals surface area contributed by atoms with Crippen molar-refractivity contribution in [3.8, 4) is 0 Å². The molecule has 0 heterocycles. The van der Waals surface area contributed by atoms with Crippen LogP contribution in [0.2, 0.25) is 0 Å². The van der Waals surface area contributed by atoms with E-state index in [2.05, 4.69) is 4.74 Å². The lowest BCUT2D eigenvalue weighted by Crippen LogP contribution is -2.26. The fourth-order valence-electron chi connectivity index (χ4n) is 0.769. The highest BCUT2D eigenvalue weighted by molar-refractivity contribution is 7.92. The second kappa shape index (κ2) is 5.18. The topological polar surface area (TPSA) is 80.7 Å². The van der Waals surface area contributed by atoms with E-state index in [1.807, 2.05) is 0 Å². The summed E-state index contributed by atoms with van der Waals surface area (Å²) in [5.41, 5.74) is 0. The maximum Gasteiger partial charge on any atom is 0.304 e. The predicted molar refractivity (Wildman–Crippen MR) is 47.4 cm³/mol. The molecule has 1 unspecified atom stereocenters. The van der Waals surface area contributed by atoms with Gasteiger partial charge in [0.2, 0.25) is 0 Å². The van der Waals surface area contributed by atoms with Gasteiger partial charge >= 0.3 is 5.97 Å². The van der Waals surface area contributed by atoms with Crippen molar-refractivity contribution in [1.29, 1.82) is 0 Å². The Hall–Kier alpha value is -0.620. The number of carbonyl (C=O) groups is 1. The van der Waals surface area contributed by atoms with Crippen LogP contribution in [0.3, 0.4) is 0 Å². The van der Waals surface area contributed by atoms with Crippen molar-refractivity contribution in [3.63, 3.8) is 0 Å². The molecule has 6 heteroatoms. The molecule has 0 saturated carbocycles. The Balaban J connectivity index is 4.15. The van der Waals surface area contributed by atoms with E-state index in [0.717, 1.165) is 0 Å². The quantitative estimate of drug-likeness (QED) is 0.662. The van der Waals surface area contributed by atoms with Crippen LogP contribution in [0.5, 0.6) is 0 Å². The molecule has 0 amide bonds. The predicted octanol–water partition coefficient (Wildman–Crippen LogP) is -0.0892. The fourth-order valence-corrected chi connectivity index (χ4v) is 1.97. The summed E-state index contributed by atoms with van der Waals surface area (Å²) in [5, 5.41) is 7.65. The number of aliphatic carboxylic acids is 1. The van der Waals surface area contributed by atoms with Gasteiger partial charge in [-0.1, -0.05) is 0 Å². The zero-order valence-corrected chi connectivity index (χ0v) is 8.50. The van der Waals surface area contributed by atoms with Crippen molar-refractivity contribution in [2.75, 3.05) is 19.5 Å². The lowest BCUT2D eigenvalue weighted by molar-refractivity contribution is -0.136. The van der Waals surface area contributed by atoms with Gasteiger partial charge in [0, 0.05) is 7.11 Å². The maximum atomic E-state index is 11.3. The van der Waals surface area contributed by atoms with Crippen LogP contribution in [-0.4, -0.2) is 44.2 Å². The number of hydrogen-bond donors (Lipinski definition) is 1. The lowest BCUT2D eigenvalue weighted by Gasteiger charge is -2.10. The zero-order valence-electron chi connectivity index (χ0n) is 7.69. The number of sulfone groups is 1. The van der Waals surface area contributed by atoms with E-state index in [1.165, 1.54) is 14.0 Å². The van der Waals surface area contributed by atoms with E-state index in [0.29, 0.717) is 0 Å². The minimum Gasteiger partial charge on any atom is -0.481 e. The summed E-state index contributed by atoms with van der Waals surface area (Å²) in [5.74, 6) is -1.43. The van der Waals surface area contributed by atoms with Gasteiger partial charge in [-0.3, -0.25) is 4.79 Å². The third kappa shape index (κ3) is 4.84. The first kappa shape index (κ1) is 12.4. The van der Waals surface area contributed by atoms with Crippen LogP contribution in [0.4, 0.5) is 0 Å². The molecule has 1 atom stereocenters. The molecule has 78 valence electrons. The highest BCUT2D eigenvalue weighted by Gasteiger charge is 2.21. The second-order valence-corrected chi connectivity index (χ2v) is 5.32. The first-order valence-electron chi connectivity index (χ1n) is 3.82. The van der Waals surface area contributed by atoms with Crippen molar-refractivity contribution in [2.24, 2.45) is 0 Å². The smallest absolute Gasteiger partial charge is 0.304 e. The third-order valence-corrected chi connectivity index (χ3v) is 3.75. The normalized spacial score (nSPS) is 14.0. The number of ether oxygens (including phenoxy) is 1. The maximum absolute atomic E-state index is 11.3. The number of carboxylic acid groups (broad SMARTS) is 1. The van der Waals surface area contributed by atoms with Crippen molar-refractivity contribution >= 4 is 15.8 Å². The summed E-state index contributed by atoms with van der Waals surface area (Å²) in [4.78, 5) is 10.1. The van der Waals surface area contributed by atoms with Crippen molar-refractivity contribution in [3.05, 3.63) is 0 Å². The number of rotatable bonds is 6. The van der Waals surface area contributed by atoms with Crippen molar-refractivity contribution < 1.29 is 23.1 Å². The Bertz CT molecular complexity index is 256.